The van der Waals surface area contributed by atoms with Crippen LogP contribution in [0, 0.1) is 13.8 Å². The van der Waals surface area contributed by atoms with Gasteiger partial charge in [-0.3, -0.25) is 9.59 Å². The molecule has 0 aliphatic rings. The lowest BCUT2D eigenvalue weighted by Crippen LogP contribution is -2.32. The fraction of sp³-hybridized carbons (Fsp3) is 0.150. The number of carbonyl (C=O) groups excluding carboxylic acids is 2. The van der Waals surface area contributed by atoms with Crippen LogP contribution in [-0.4, -0.2) is 23.3 Å². The van der Waals surface area contributed by atoms with Crippen LogP contribution < -0.4 is 10.6 Å². The molecule has 1 aromatic heterocycles. The number of oxazole rings is 1. The largest absolute Gasteiger partial charge is 0.444 e. The number of rotatable bonds is 5. The first-order chi connectivity index (χ1) is 12.5. The first-order valence-corrected chi connectivity index (χ1v) is 8.17. The Morgan fingerprint density at radius 1 is 1.08 bits per heavy atom. The number of amides is 2. The maximum absolute atomic E-state index is 12.2. The summed E-state index contributed by atoms with van der Waals surface area (Å²) in [5.74, 6) is 0.0275. The highest BCUT2D eigenvalue weighted by molar-refractivity contribution is 5.99. The summed E-state index contributed by atoms with van der Waals surface area (Å²) < 4.78 is 5.24. The smallest absolute Gasteiger partial charge is 0.251 e. The summed E-state index contributed by atoms with van der Waals surface area (Å²) in [6, 6.07) is 12.7. The molecule has 0 saturated carbocycles. The zero-order valence-electron chi connectivity index (χ0n) is 14.6. The van der Waals surface area contributed by atoms with Crippen LogP contribution in [0.1, 0.15) is 21.5 Å². The first kappa shape index (κ1) is 17.4. The first-order valence-electron chi connectivity index (χ1n) is 8.17. The van der Waals surface area contributed by atoms with Crippen molar-refractivity contribution in [2.45, 2.75) is 13.8 Å². The monoisotopic (exact) mass is 349 g/mol. The van der Waals surface area contributed by atoms with Gasteiger partial charge in [0, 0.05) is 16.8 Å². The number of hydrogen-bond acceptors (Lipinski definition) is 4. The number of carbonyl (C=O) groups is 2. The molecule has 6 nitrogen and oxygen atoms in total. The van der Waals surface area contributed by atoms with Gasteiger partial charge in [-0.15, -0.1) is 0 Å². The average Bonchev–Trinajstić information content (AvgIpc) is 3.17. The van der Waals surface area contributed by atoms with Crippen LogP contribution in [0.4, 0.5) is 5.69 Å². The molecule has 0 spiro atoms. The standard InChI is InChI=1S/C20H19N3O3/c1-13-6-7-16(8-14(13)2)20(25)22-11-19(24)23-17-5-3-4-15(9-17)18-10-21-12-26-18/h3-10,12H,11H2,1-2H3,(H,22,25)(H,23,24). The van der Waals surface area contributed by atoms with Gasteiger partial charge in [-0.1, -0.05) is 18.2 Å². The second kappa shape index (κ2) is 7.65. The summed E-state index contributed by atoms with van der Waals surface area (Å²) in [4.78, 5) is 28.1. The van der Waals surface area contributed by atoms with Crippen LogP contribution in [-0.2, 0) is 4.79 Å². The van der Waals surface area contributed by atoms with Crippen LogP contribution in [0.15, 0.2) is 59.5 Å². The lowest BCUT2D eigenvalue weighted by atomic mass is 10.1. The maximum atomic E-state index is 12.2. The predicted octanol–water partition coefficient (Wildman–Crippen LogP) is 3.33. The summed E-state index contributed by atoms with van der Waals surface area (Å²) in [6.45, 7) is 3.82. The summed E-state index contributed by atoms with van der Waals surface area (Å²) in [5.41, 5.74) is 4.11. The Labute approximate surface area is 151 Å². The quantitative estimate of drug-likeness (QED) is 0.740. The molecule has 6 heteroatoms. The van der Waals surface area contributed by atoms with Crippen molar-refractivity contribution in [1.82, 2.24) is 10.3 Å². The van der Waals surface area contributed by atoms with Gasteiger partial charge in [-0.25, -0.2) is 4.98 Å². The van der Waals surface area contributed by atoms with Gasteiger partial charge in [-0.2, -0.15) is 0 Å². The van der Waals surface area contributed by atoms with Crippen molar-refractivity contribution in [3.05, 3.63) is 71.7 Å². The molecule has 0 radical (unpaired) electrons. The third kappa shape index (κ3) is 4.16. The van der Waals surface area contributed by atoms with E-state index in [0.717, 1.165) is 16.7 Å². The zero-order valence-corrected chi connectivity index (χ0v) is 14.6. The predicted molar refractivity (Wildman–Crippen MR) is 98.8 cm³/mol. The van der Waals surface area contributed by atoms with E-state index in [9.17, 15) is 9.59 Å². The summed E-state index contributed by atoms with van der Waals surface area (Å²) in [6.07, 6.45) is 2.95. The Balaban J connectivity index is 1.58. The highest BCUT2D eigenvalue weighted by atomic mass is 16.3. The number of hydrogen-bond donors (Lipinski definition) is 2. The zero-order chi connectivity index (χ0) is 18.5. The van der Waals surface area contributed by atoms with E-state index in [4.69, 9.17) is 4.42 Å². The van der Waals surface area contributed by atoms with E-state index in [1.54, 1.807) is 30.5 Å². The molecule has 0 fully saturated rings. The highest BCUT2D eigenvalue weighted by Crippen LogP contribution is 2.21. The number of nitrogens with zero attached hydrogens (tertiary/aromatic N) is 1. The minimum atomic E-state index is -0.308. The Morgan fingerprint density at radius 3 is 2.65 bits per heavy atom. The van der Waals surface area contributed by atoms with Gasteiger partial charge in [0.1, 0.15) is 0 Å². The summed E-state index contributed by atoms with van der Waals surface area (Å²) >= 11 is 0. The molecule has 2 amide bonds. The van der Waals surface area contributed by atoms with E-state index in [1.807, 2.05) is 32.0 Å². The van der Waals surface area contributed by atoms with Gasteiger partial charge in [0.05, 0.1) is 12.7 Å². The van der Waals surface area contributed by atoms with Crippen molar-refractivity contribution >= 4 is 17.5 Å². The van der Waals surface area contributed by atoms with Crippen LogP contribution in [0.2, 0.25) is 0 Å². The highest BCUT2D eigenvalue weighted by Gasteiger charge is 2.10. The van der Waals surface area contributed by atoms with Crippen molar-refractivity contribution in [3.63, 3.8) is 0 Å². The number of anilines is 1. The molecule has 132 valence electrons. The molecule has 26 heavy (non-hydrogen) atoms. The van der Waals surface area contributed by atoms with E-state index in [0.29, 0.717) is 17.0 Å². The molecule has 2 N–H and O–H groups in total. The van der Waals surface area contributed by atoms with Gasteiger partial charge in [0.2, 0.25) is 5.91 Å². The number of nitrogens with one attached hydrogen (secondary N) is 2. The second-order valence-corrected chi connectivity index (χ2v) is 5.98. The van der Waals surface area contributed by atoms with Crippen molar-refractivity contribution < 1.29 is 14.0 Å². The summed E-state index contributed by atoms with van der Waals surface area (Å²) in [5, 5.41) is 5.38. The van der Waals surface area contributed by atoms with E-state index in [1.165, 1.54) is 6.39 Å². The molecule has 0 atom stereocenters. The van der Waals surface area contributed by atoms with E-state index in [2.05, 4.69) is 15.6 Å². The Morgan fingerprint density at radius 2 is 1.92 bits per heavy atom. The minimum absolute atomic E-state index is 0.113. The third-order valence-electron chi connectivity index (χ3n) is 4.04. The molecular weight excluding hydrogens is 330 g/mol. The molecular formula is C20H19N3O3. The normalized spacial score (nSPS) is 10.4. The van der Waals surface area contributed by atoms with E-state index >= 15 is 0 Å². The average molecular weight is 349 g/mol. The Hall–Kier alpha value is -3.41. The fourth-order valence-corrected chi connectivity index (χ4v) is 2.46. The Kier molecular flexibility index (Phi) is 5.12. The van der Waals surface area contributed by atoms with Crippen LogP contribution in [0.5, 0.6) is 0 Å². The topological polar surface area (TPSA) is 84.2 Å². The Bertz CT molecular complexity index is 933. The molecule has 3 aromatic rings. The summed E-state index contributed by atoms with van der Waals surface area (Å²) in [7, 11) is 0. The van der Waals surface area contributed by atoms with Gasteiger partial charge < -0.3 is 15.1 Å². The van der Waals surface area contributed by atoms with Gasteiger partial charge in [0.25, 0.3) is 5.91 Å². The molecule has 0 aliphatic carbocycles. The lowest BCUT2D eigenvalue weighted by molar-refractivity contribution is -0.115. The molecule has 1 heterocycles. The van der Waals surface area contributed by atoms with Crippen LogP contribution in [0.25, 0.3) is 11.3 Å². The van der Waals surface area contributed by atoms with Crippen molar-refractivity contribution in [2.75, 3.05) is 11.9 Å². The lowest BCUT2D eigenvalue weighted by Gasteiger charge is -2.09. The SMILES string of the molecule is Cc1ccc(C(=O)NCC(=O)Nc2cccc(-c3cnco3)c2)cc1C. The molecule has 3 rings (SSSR count). The van der Waals surface area contributed by atoms with Crippen molar-refractivity contribution in [1.29, 1.82) is 0 Å². The number of benzene rings is 2. The molecule has 2 aromatic carbocycles. The molecule has 0 unspecified atom stereocenters. The number of aryl methyl sites for hydroxylation is 2. The van der Waals surface area contributed by atoms with Crippen molar-refractivity contribution in [2.24, 2.45) is 0 Å². The van der Waals surface area contributed by atoms with Gasteiger partial charge in [-0.05, 0) is 49.2 Å². The van der Waals surface area contributed by atoms with E-state index in [-0.39, 0.29) is 18.4 Å². The molecule has 0 saturated heterocycles. The second-order valence-electron chi connectivity index (χ2n) is 5.98. The maximum Gasteiger partial charge on any atom is 0.251 e. The van der Waals surface area contributed by atoms with Gasteiger partial charge in [0.15, 0.2) is 12.2 Å². The molecule has 0 bridgehead atoms. The third-order valence-corrected chi connectivity index (χ3v) is 4.04. The van der Waals surface area contributed by atoms with Crippen LogP contribution in [0.3, 0.4) is 0 Å². The van der Waals surface area contributed by atoms with Crippen molar-refractivity contribution in [3.8, 4) is 11.3 Å². The molecule has 0 aliphatic heterocycles. The number of aromatic nitrogens is 1. The van der Waals surface area contributed by atoms with E-state index < -0.39 is 0 Å². The fourth-order valence-electron chi connectivity index (χ4n) is 2.46. The minimum Gasteiger partial charge on any atom is -0.444 e. The van der Waals surface area contributed by atoms with Gasteiger partial charge >= 0.3 is 0 Å². The van der Waals surface area contributed by atoms with Crippen LogP contribution >= 0.6 is 0 Å².